The number of halogens is 1. The van der Waals surface area contributed by atoms with E-state index in [0.29, 0.717) is 32.1 Å². The second-order valence-electron chi connectivity index (χ2n) is 5.96. The van der Waals surface area contributed by atoms with Crippen LogP contribution in [-0.2, 0) is 14.4 Å². The third-order valence-corrected chi connectivity index (χ3v) is 4.39. The molecule has 7 nitrogen and oxygen atoms in total. The summed E-state index contributed by atoms with van der Waals surface area (Å²) in [5.74, 6) is -0.644. The molecule has 0 aromatic heterocycles. The summed E-state index contributed by atoms with van der Waals surface area (Å²) in [5, 5.41) is 6.20. The normalized spacial score (nSPS) is 21.9. The van der Waals surface area contributed by atoms with Crippen molar-refractivity contribution < 1.29 is 14.4 Å². The summed E-state index contributed by atoms with van der Waals surface area (Å²) in [4.78, 5) is 38.4. The average molecular weight is 347 g/mol. The summed E-state index contributed by atoms with van der Waals surface area (Å²) in [7, 11) is 0. The van der Waals surface area contributed by atoms with Crippen molar-refractivity contribution in [2.45, 2.75) is 26.2 Å². The Morgan fingerprint density at radius 1 is 1.26 bits per heavy atom. The van der Waals surface area contributed by atoms with Gasteiger partial charge < -0.3 is 20.4 Å². The van der Waals surface area contributed by atoms with Crippen LogP contribution in [-0.4, -0.2) is 73.3 Å². The van der Waals surface area contributed by atoms with Crippen LogP contribution in [0.4, 0.5) is 0 Å². The first kappa shape index (κ1) is 19.7. The lowest BCUT2D eigenvalue weighted by Crippen LogP contribution is -2.56. The van der Waals surface area contributed by atoms with Crippen LogP contribution in [0.5, 0.6) is 0 Å². The molecule has 1 unspecified atom stereocenters. The fraction of sp³-hybridized carbons (Fsp3) is 0.800. The maximum atomic E-state index is 11.9. The van der Waals surface area contributed by atoms with Crippen LogP contribution >= 0.6 is 12.4 Å². The number of hydrogen-bond acceptors (Lipinski definition) is 4. The van der Waals surface area contributed by atoms with Crippen molar-refractivity contribution in [2.75, 3.05) is 45.8 Å². The van der Waals surface area contributed by atoms with Gasteiger partial charge in [-0.3, -0.25) is 14.4 Å². The molecule has 0 saturated carbocycles. The van der Waals surface area contributed by atoms with Gasteiger partial charge in [0.1, 0.15) is 6.54 Å². The van der Waals surface area contributed by atoms with Crippen LogP contribution < -0.4 is 10.6 Å². The minimum Gasteiger partial charge on any atom is -0.355 e. The van der Waals surface area contributed by atoms with Crippen LogP contribution in [0.25, 0.3) is 0 Å². The zero-order valence-corrected chi connectivity index (χ0v) is 14.5. The molecule has 132 valence electrons. The van der Waals surface area contributed by atoms with E-state index in [4.69, 9.17) is 0 Å². The Kier molecular flexibility index (Phi) is 8.33. The van der Waals surface area contributed by atoms with E-state index in [0.717, 1.165) is 19.5 Å². The van der Waals surface area contributed by atoms with Crippen molar-refractivity contribution in [3.05, 3.63) is 0 Å². The molecule has 0 aromatic rings. The van der Waals surface area contributed by atoms with Crippen LogP contribution in [0, 0.1) is 5.92 Å². The number of nitrogens with one attached hydrogen (secondary N) is 2. The molecule has 0 aromatic carbocycles. The molecule has 8 heteroatoms. The molecule has 2 heterocycles. The van der Waals surface area contributed by atoms with E-state index in [1.54, 1.807) is 0 Å². The van der Waals surface area contributed by atoms with Gasteiger partial charge in [-0.15, -0.1) is 12.4 Å². The lowest BCUT2D eigenvalue weighted by atomic mass is 9.96. The van der Waals surface area contributed by atoms with Gasteiger partial charge in [0.2, 0.25) is 5.91 Å². The van der Waals surface area contributed by atoms with E-state index in [1.165, 1.54) is 22.6 Å². The summed E-state index contributed by atoms with van der Waals surface area (Å²) in [5.41, 5.74) is 0. The number of hydrogen-bond donors (Lipinski definition) is 2. The van der Waals surface area contributed by atoms with Crippen molar-refractivity contribution in [3.63, 3.8) is 0 Å². The molecule has 3 amide bonds. The van der Waals surface area contributed by atoms with Gasteiger partial charge in [0.25, 0.3) is 0 Å². The second kappa shape index (κ2) is 9.72. The Bertz CT molecular complexity index is 427. The number of likely N-dealkylation sites (N-methyl/N-ethyl adjacent to an activating group) is 1. The van der Waals surface area contributed by atoms with Gasteiger partial charge in [-0.1, -0.05) is 0 Å². The number of carbonyl (C=O) groups is 3. The predicted octanol–water partition coefficient (Wildman–Crippen LogP) is -0.395. The molecule has 2 aliphatic rings. The Hall–Kier alpha value is -1.34. The number of amides is 3. The number of piperidine rings is 1. The molecule has 0 radical (unpaired) electrons. The van der Waals surface area contributed by atoms with Gasteiger partial charge in [-0.05, 0) is 45.2 Å². The molecule has 2 aliphatic heterocycles. The molecule has 0 aliphatic carbocycles. The fourth-order valence-electron chi connectivity index (χ4n) is 2.98. The lowest BCUT2D eigenvalue weighted by molar-refractivity contribution is -0.156. The molecule has 2 fully saturated rings. The molecular formula is C15H27ClN4O3. The van der Waals surface area contributed by atoms with Gasteiger partial charge in [0.15, 0.2) is 0 Å². The largest absolute Gasteiger partial charge is 0.355 e. The maximum absolute atomic E-state index is 11.9. The van der Waals surface area contributed by atoms with E-state index in [1.807, 2.05) is 6.92 Å². The van der Waals surface area contributed by atoms with E-state index >= 15 is 0 Å². The SMILES string of the molecule is CCN1CCN(CC(=O)NCCC2CCCNC2)C(=O)C1=O.Cl. The monoisotopic (exact) mass is 346 g/mol. The third kappa shape index (κ3) is 5.66. The van der Waals surface area contributed by atoms with Crippen LogP contribution in [0.2, 0.25) is 0 Å². The standard InChI is InChI=1S/C15H26N4O3.ClH/c1-2-18-8-9-19(15(22)14(18)21)11-13(20)17-7-5-12-4-3-6-16-10-12;/h12,16H,2-11H2,1H3,(H,17,20);1H. The molecule has 1 atom stereocenters. The summed E-state index contributed by atoms with van der Waals surface area (Å²) >= 11 is 0. The number of carbonyl (C=O) groups excluding carboxylic acids is 3. The van der Waals surface area contributed by atoms with Gasteiger partial charge in [0.05, 0.1) is 0 Å². The smallest absolute Gasteiger partial charge is 0.312 e. The highest BCUT2D eigenvalue weighted by Crippen LogP contribution is 2.12. The first-order valence-electron chi connectivity index (χ1n) is 8.17. The summed E-state index contributed by atoms with van der Waals surface area (Å²) < 4.78 is 0. The van der Waals surface area contributed by atoms with Gasteiger partial charge >= 0.3 is 11.8 Å². The molecule has 0 bridgehead atoms. The van der Waals surface area contributed by atoms with Crippen LogP contribution in [0.1, 0.15) is 26.2 Å². The van der Waals surface area contributed by atoms with Crippen molar-refractivity contribution >= 4 is 30.1 Å². The average Bonchev–Trinajstić information content (AvgIpc) is 2.53. The quantitative estimate of drug-likeness (QED) is 0.641. The van der Waals surface area contributed by atoms with E-state index in [2.05, 4.69) is 10.6 Å². The first-order valence-corrected chi connectivity index (χ1v) is 8.17. The highest BCUT2D eigenvalue weighted by Gasteiger charge is 2.32. The van der Waals surface area contributed by atoms with Crippen molar-refractivity contribution in [2.24, 2.45) is 5.92 Å². The molecule has 0 spiro atoms. The maximum Gasteiger partial charge on any atom is 0.312 e. The van der Waals surface area contributed by atoms with Gasteiger partial charge in [-0.2, -0.15) is 0 Å². The summed E-state index contributed by atoms with van der Waals surface area (Å²) in [6.45, 7) is 6.01. The Morgan fingerprint density at radius 3 is 2.61 bits per heavy atom. The first-order chi connectivity index (χ1) is 10.6. The molecule has 2 N–H and O–H groups in total. The Morgan fingerprint density at radius 2 is 1.96 bits per heavy atom. The fourth-order valence-corrected chi connectivity index (χ4v) is 2.98. The second-order valence-corrected chi connectivity index (χ2v) is 5.96. The topological polar surface area (TPSA) is 81.8 Å². The minimum absolute atomic E-state index is 0. The zero-order chi connectivity index (χ0) is 15.9. The highest BCUT2D eigenvalue weighted by molar-refractivity contribution is 6.35. The molecule has 2 rings (SSSR count). The van der Waals surface area contributed by atoms with E-state index in [9.17, 15) is 14.4 Å². The number of rotatable bonds is 6. The third-order valence-electron chi connectivity index (χ3n) is 4.39. The van der Waals surface area contributed by atoms with Crippen molar-refractivity contribution in [1.82, 2.24) is 20.4 Å². The summed E-state index contributed by atoms with van der Waals surface area (Å²) in [6.07, 6.45) is 3.35. The highest BCUT2D eigenvalue weighted by atomic mass is 35.5. The van der Waals surface area contributed by atoms with E-state index in [-0.39, 0.29) is 24.9 Å². The Balaban J connectivity index is 0.00000264. The van der Waals surface area contributed by atoms with E-state index < -0.39 is 11.8 Å². The van der Waals surface area contributed by atoms with Crippen molar-refractivity contribution in [3.8, 4) is 0 Å². The molecule has 23 heavy (non-hydrogen) atoms. The lowest BCUT2D eigenvalue weighted by Gasteiger charge is -2.32. The summed E-state index contributed by atoms with van der Waals surface area (Å²) in [6, 6.07) is 0. The van der Waals surface area contributed by atoms with Gasteiger partial charge in [0, 0.05) is 26.2 Å². The zero-order valence-electron chi connectivity index (χ0n) is 13.7. The van der Waals surface area contributed by atoms with Crippen molar-refractivity contribution in [1.29, 1.82) is 0 Å². The predicted molar refractivity (Wildman–Crippen MR) is 89.3 cm³/mol. The van der Waals surface area contributed by atoms with Crippen LogP contribution in [0.15, 0.2) is 0 Å². The van der Waals surface area contributed by atoms with Crippen LogP contribution in [0.3, 0.4) is 0 Å². The Labute approximate surface area is 143 Å². The minimum atomic E-state index is -0.570. The molecular weight excluding hydrogens is 320 g/mol. The number of piperazine rings is 1. The number of nitrogens with zero attached hydrogens (tertiary/aromatic N) is 2. The molecule has 2 saturated heterocycles. The van der Waals surface area contributed by atoms with Gasteiger partial charge in [-0.25, -0.2) is 0 Å².